The van der Waals surface area contributed by atoms with E-state index in [0.717, 1.165) is 11.3 Å². The number of pyridine rings is 1. The number of halogens is 1. The summed E-state index contributed by atoms with van der Waals surface area (Å²) in [7, 11) is 0. The lowest BCUT2D eigenvalue weighted by Crippen LogP contribution is -2.27. The van der Waals surface area contributed by atoms with Crippen LogP contribution in [0.4, 0.5) is 10.5 Å². The Morgan fingerprint density at radius 1 is 1.07 bits per heavy atom. The van der Waals surface area contributed by atoms with Crippen LogP contribution in [0.1, 0.15) is 0 Å². The minimum absolute atomic E-state index is 0.113. The van der Waals surface area contributed by atoms with Crippen LogP contribution in [-0.2, 0) is 0 Å². The highest BCUT2D eigenvalue weighted by atomic mass is 35.5. The summed E-state index contributed by atoms with van der Waals surface area (Å²) in [6.07, 6.45) is 1.50. The molecule has 4 heterocycles. The molecule has 5 rings (SSSR count). The first-order valence-corrected chi connectivity index (χ1v) is 10.2. The maximum atomic E-state index is 13.2. The number of amides is 2. The summed E-state index contributed by atoms with van der Waals surface area (Å²) >= 11 is 7.31. The van der Waals surface area contributed by atoms with Gasteiger partial charge in [-0.2, -0.15) is 0 Å². The fraction of sp³-hybridized carbons (Fsp3) is 0.100. The molecule has 7 nitrogen and oxygen atoms in total. The smallest absolute Gasteiger partial charge is 0.321 e. The number of rotatable bonds is 3. The molecule has 9 heteroatoms. The van der Waals surface area contributed by atoms with Crippen LogP contribution in [0.3, 0.4) is 0 Å². The standard InChI is InChI=1S/C20H14ClN5O2S/c21-13-3-6-16(23-11-13)26-18(24-15-7-10-29-17(15)19(26)27)12-1-4-14(5-2-12)25-9-8-22-20(25)28/h1-7,10-11H,8-9H2,(H,22,28). The van der Waals surface area contributed by atoms with Gasteiger partial charge in [-0.05, 0) is 47.8 Å². The second-order valence-electron chi connectivity index (χ2n) is 6.48. The topological polar surface area (TPSA) is 80.1 Å². The number of carbonyl (C=O) groups excluding carboxylic acids is 1. The third-order valence-corrected chi connectivity index (χ3v) is 5.83. The first-order chi connectivity index (χ1) is 14.1. The summed E-state index contributed by atoms with van der Waals surface area (Å²) < 4.78 is 2.06. The lowest BCUT2D eigenvalue weighted by molar-refractivity contribution is 0.252. The number of thiophene rings is 1. The molecule has 0 radical (unpaired) electrons. The number of urea groups is 1. The van der Waals surface area contributed by atoms with Gasteiger partial charge in [0.25, 0.3) is 5.56 Å². The minimum Gasteiger partial charge on any atom is -0.336 e. The van der Waals surface area contributed by atoms with Crippen molar-refractivity contribution >= 4 is 44.9 Å². The summed E-state index contributed by atoms with van der Waals surface area (Å²) in [5.74, 6) is 0.924. The summed E-state index contributed by atoms with van der Waals surface area (Å²) in [6.45, 7) is 1.25. The number of benzene rings is 1. The van der Waals surface area contributed by atoms with E-state index >= 15 is 0 Å². The lowest BCUT2D eigenvalue weighted by Gasteiger charge is -2.16. The number of hydrogen-bond acceptors (Lipinski definition) is 5. The van der Waals surface area contributed by atoms with Crippen LogP contribution in [0.2, 0.25) is 5.02 Å². The molecular weight excluding hydrogens is 410 g/mol. The fourth-order valence-electron chi connectivity index (χ4n) is 3.33. The molecule has 1 aliphatic heterocycles. The zero-order valence-corrected chi connectivity index (χ0v) is 16.6. The van der Waals surface area contributed by atoms with Crippen molar-refractivity contribution < 1.29 is 4.79 Å². The van der Waals surface area contributed by atoms with Gasteiger partial charge < -0.3 is 5.32 Å². The van der Waals surface area contributed by atoms with Crippen LogP contribution in [0.15, 0.2) is 58.8 Å². The van der Waals surface area contributed by atoms with Crippen molar-refractivity contribution in [2.45, 2.75) is 0 Å². The lowest BCUT2D eigenvalue weighted by atomic mass is 10.1. The normalized spacial score (nSPS) is 13.8. The average molecular weight is 424 g/mol. The largest absolute Gasteiger partial charge is 0.336 e. The van der Waals surface area contributed by atoms with E-state index in [9.17, 15) is 9.59 Å². The summed E-state index contributed by atoms with van der Waals surface area (Å²) in [4.78, 5) is 35.8. The van der Waals surface area contributed by atoms with Crippen LogP contribution in [0.5, 0.6) is 0 Å². The summed E-state index contributed by atoms with van der Waals surface area (Å²) in [5.41, 5.74) is 2.00. The number of aromatic nitrogens is 3. The molecular formula is C20H14ClN5O2S. The zero-order valence-electron chi connectivity index (χ0n) is 15.0. The second kappa shape index (κ2) is 6.98. The van der Waals surface area contributed by atoms with Gasteiger partial charge in [0.2, 0.25) is 0 Å². The molecule has 3 aromatic heterocycles. The molecule has 1 saturated heterocycles. The number of fused-ring (bicyclic) bond motifs is 1. The van der Waals surface area contributed by atoms with Gasteiger partial charge in [-0.3, -0.25) is 9.69 Å². The van der Waals surface area contributed by atoms with Crippen molar-refractivity contribution in [3.8, 4) is 17.2 Å². The molecule has 0 unspecified atom stereocenters. The molecule has 2 amide bonds. The molecule has 29 heavy (non-hydrogen) atoms. The Hall–Kier alpha value is -3.23. The van der Waals surface area contributed by atoms with Gasteiger partial charge in [-0.1, -0.05) is 11.6 Å². The van der Waals surface area contributed by atoms with E-state index in [2.05, 4.69) is 10.3 Å². The predicted octanol–water partition coefficient (Wildman–Crippen LogP) is 3.69. The summed E-state index contributed by atoms with van der Waals surface area (Å²) in [5, 5.41) is 5.12. The van der Waals surface area contributed by atoms with Gasteiger partial charge in [0.15, 0.2) is 0 Å². The number of nitrogens with zero attached hydrogens (tertiary/aromatic N) is 4. The van der Waals surface area contributed by atoms with Crippen molar-refractivity contribution in [3.05, 3.63) is 69.4 Å². The molecule has 144 valence electrons. The quantitative estimate of drug-likeness (QED) is 0.545. The maximum absolute atomic E-state index is 13.2. The van der Waals surface area contributed by atoms with E-state index in [1.165, 1.54) is 22.1 Å². The van der Waals surface area contributed by atoms with E-state index in [1.54, 1.807) is 17.0 Å². The Labute approximate surface area is 174 Å². The third-order valence-electron chi connectivity index (χ3n) is 4.71. The molecule has 0 spiro atoms. The van der Waals surface area contributed by atoms with Gasteiger partial charge >= 0.3 is 6.03 Å². The van der Waals surface area contributed by atoms with E-state index in [0.29, 0.717) is 40.0 Å². The predicted molar refractivity (Wildman–Crippen MR) is 114 cm³/mol. The van der Waals surface area contributed by atoms with Crippen molar-refractivity contribution in [2.75, 3.05) is 18.0 Å². The second-order valence-corrected chi connectivity index (χ2v) is 7.83. The first-order valence-electron chi connectivity index (χ1n) is 8.90. The van der Waals surface area contributed by atoms with Crippen molar-refractivity contribution in [2.24, 2.45) is 0 Å². The summed E-state index contributed by atoms with van der Waals surface area (Å²) in [6, 6.07) is 12.5. The van der Waals surface area contributed by atoms with Gasteiger partial charge in [0.1, 0.15) is 16.3 Å². The molecule has 1 N–H and O–H groups in total. The van der Waals surface area contributed by atoms with Crippen molar-refractivity contribution in [1.82, 2.24) is 19.9 Å². The van der Waals surface area contributed by atoms with E-state index in [4.69, 9.17) is 16.6 Å². The number of anilines is 1. The highest BCUT2D eigenvalue weighted by Crippen LogP contribution is 2.26. The van der Waals surface area contributed by atoms with Crippen LogP contribution >= 0.6 is 22.9 Å². The van der Waals surface area contributed by atoms with Gasteiger partial charge in [0, 0.05) is 30.5 Å². The maximum Gasteiger partial charge on any atom is 0.321 e. The molecule has 1 aliphatic rings. The molecule has 0 saturated carbocycles. The molecule has 0 aliphatic carbocycles. The molecule has 0 bridgehead atoms. The van der Waals surface area contributed by atoms with Gasteiger partial charge in [0.05, 0.1) is 10.5 Å². The first kappa shape index (κ1) is 17.8. The average Bonchev–Trinajstić information content (AvgIpc) is 3.38. The molecule has 1 aromatic carbocycles. The molecule has 0 atom stereocenters. The van der Waals surface area contributed by atoms with Gasteiger partial charge in [-0.15, -0.1) is 11.3 Å². The Balaban J connectivity index is 1.67. The zero-order chi connectivity index (χ0) is 20.0. The Morgan fingerprint density at radius 2 is 1.90 bits per heavy atom. The number of nitrogens with one attached hydrogen (secondary N) is 1. The third kappa shape index (κ3) is 3.06. The van der Waals surface area contributed by atoms with Crippen LogP contribution < -0.4 is 15.8 Å². The van der Waals surface area contributed by atoms with Crippen LogP contribution in [0.25, 0.3) is 27.4 Å². The van der Waals surface area contributed by atoms with Crippen molar-refractivity contribution in [1.29, 1.82) is 0 Å². The van der Waals surface area contributed by atoms with Crippen molar-refractivity contribution in [3.63, 3.8) is 0 Å². The number of carbonyl (C=O) groups is 1. The minimum atomic E-state index is -0.183. The van der Waals surface area contributed by atoms with E-state index < -0.39 is 0 Å². The van der Waals surface area contributed by atoms with E-state index in [1.807, 2.05) is 35.7 Å². The number of hydrogen-bond donors (Lipinski definition) is 1. The molecule has 4 aromatic rings. The highest BCUT2D eigenvalue weighted by Gasteiger charge is 2.22. The monoisotopic (exact) mass is 423 g/mol. The van der Waals surface area contributed by atoms with Crippen LogP contribution in [-0.4, -0.2) is 33.7 Å². The Morgan fingerprint density at radius 3 is 2.59 bits per heavy atom. The van der Waals surface area contributed by atoms with Crippen LogP contribution in [0, 0.1) is 0 Å². The fourth-order valence-corrected chi connectivity index (χ4v) is 4.20. The SMILES string of the molecule is O=C1NCCN1c1ccc(-c2nc3ccsc3c(=O)n2-c2ccc(Cl)cn2)cc1. The highest BCUT2D eigenvalue weighted by molar-refractivity contribution is 7.17. The van der Waals surface area contributed by atoms with E-state index in [-0.39, 0.29) is 11.6 Å². The Kier molecular flexibility index (Phi) is 4.30. The van der Waals surface area contributed by atoms with Gasteiger partial charge in [-0.25, -0.2) is 19.3 Å². The Bertz CT molecular complexity index is 1280. The molecule has 1 fully saturated rings.